The fraction of sp³-hybridized carbons (Fsp3) is 0.312. The first-order valence-electron chi connectivity index (χ1n) is 6.45. The molecule has 2 aromatic rings. The zero-order chi connectivity index (χ0) is 13.8. The van der Waals surface area contributed by atoms with Gasteiger partial charge >= 0.3 is 0 Å². The van der Waals surface area contributed by atoms with Crippen molar-refractivity contribution >= 4 is 0 Å². The number of hydrogen-bond donors (Lipinski definition) is 1. The molecule has 0 spiro atoms. The smallest absolute Gasteiger partial charge is 0.125 e. The molecule has 0 bridgehead atoms. The Morgan fingerprint density at radius 1 is 1.05 bits per heavy atom. The molecule has 0 saturated carbocycles. The topological polar surface area (TPSA) is 42.4 Å². The molecule has 1 aromatic carbocycles. The maximum atomic E-state index is 10.5. The number of nitrogens with zero attached hydrogens (tertiary/aromatic N) is 1. The second-order valence-electron chi connectivity index (χ2n) is 4.81. The molecule has 3 nitrogen and oxygen atoms in total. The Morgan fingerprint density at radius 3 is 2.47 bits per heavy atom. The van der Waals surface area contributed by atoms with E-state index in [1.165, 1.54) is 0 Å². The number of pyridine rings is 1. The molecule has 2 rings (SSSR count). The van der Waals surface area contributed by atoms with E-state index >= 15 is 0 Å². The second-order valence-corrected chi connectivity index (χ2v) is 4.81. The summed E-state index contributed by atoms with van der Waals surface area (Å²) in [6.45, 7) is 5.84. The van der Waals surface area contributed by atoms with E-state index in [-0.39, 0.29) is 6.10 Å². The lowest BCUT2D eigenvalue weighted by Gasteiger charge is -2.18. The number of para-hydroxylation sites is 1. The molecule has 0 amide bonds. The van der Waals surface area contributed by atoms with Gasteiger partial charge < -0.3 is 9.84 Å². The molecular weight excluding hydrogens is 238 g/mol. The van der Waals surface area contributed by atoms with Crippen LogP contribution in [0.15, 0.2) is 42.5 Å². The summed E-state index contributed by atoms with van der Waals surface area (Å²) in [5.74, 6) is 0.702. The zero-order valence-corrected chi connectivity index (χ0v) is 11.5. The third-order valence-electron chi connectivity index (χ3n) is 2.77. The Morgan fingerprint density at radius 2 is 1.79 bits per heavy atom. The minimum atomic E-state index is -0.769. The second kappa shape index (κ2) is 5.85. The van der Waals surface area contributed by atoms with Crippen LogP contribution in [0.4, 0.5) is 0 Å². The summed E-state index contributed by atoms with van der Waals surface area (Å²) >= 11 is 0. The van der Waals surface area contributed by atoms with E-state index in [1.807, 2.05) is 63.2 Å². The first kappa shape index (κ1) is 13.6. The Balaban J connectivity index is 2.35. The zero-order valence-electron chi connectivity index (χ0n) is 11.5. The molecular formula is C16H19NO2. The van der Waals surface area contributed by atoms with Gasteiger partial charge in [-0.05, 0) is 39.0 Å². The Kier molecular flexibility index (Phi) is 4.17. The van der Waals surface area contributed by atoms with Crippen molar-refractivity contribution in [2.75, 3.05) is 0 Å². The van der Waals surface area contributed by atoms with E-state index in [1.54, 1.807) is 0 Å². The van der Waals surface area contributed by atoms with Gasteiger partial charge in [0.15, 0.2) is 0 Å². The average molecular weight is 257 g/mol. The molecule has 1 N–H and O–H groups in total. The van der Waals surface area contributed by atoms with Crippen molar-refractivity contribution < 1.29 is 9.84 Å². The van der Waals surface area contributed by atoms with Gasteiger partial charge in [-0.2, -0.15) is 0 Å². The van der Waals surface area contributed by atoms with Gasteiger partial charge in [-0.15, -0.1) is 0 Å². The van der Waals surface area contributed by atoms with Gasteiger partial charge in [0.2, 0.25) is 0 Å². The van der Waals surface area contributed by atoms with Crippen molar-refractivity contribution in [2.45, 2.75) is 33.0 Å². The summed E-state index contributed by atoms with van der Waals surface area (Å²) in [6.07, 6.45) is -0.700. The SMILES string of the molecule is Cc1cccc(C(O)c2ccccc2OC(C)C)n1. The van der Waals surface area contributed by atoms with Crippen LogP contribution in [0.3, 0.4) is 0 Å². The van der Waals surface area contributed by atoms with E-state index < -0.39 is 6.10 Å². The summed E-state index contributed by atoms with van der Waals surface area (Å²) < 4.78 is 5.73. The molecule has 1 aromatic heterocycles. The van der Waals surface area contributed by atoms with Crippen molar-refractivity contribution in [2.24, 2.45) is 0 Å². The molecule has 0 aliphatic rings. The maximum absolute atomic E-state index is 10.5. The lowest BCUT2D eigenvalue weighted by Crippen LogP contribution is -2.10. The Hall–Kier alpha value is -1.87. The molecule has 0 saturated heterocycles. The standard InChI is InChI=1S/C16H19NO2/c1-11(2)19-15-10-5-4-8-13(15)16(18)14-9-6-7-12(3)17-14/h4-11,16,18H,1-3H3. The number of aryl methyl sites for hydroxylation is 1. The highest BCUT2D eigenvalue weighted by Crippen LogP contribution is 2.29. The van der Waals surface area contributed by atoms with Gasteiger partial charge in [0.1, 0.15) is 11.9 Å². The third-order valence-corrected chi connectivity index (χ3v) is 2.77. The van der Waals surface area contributed by atoms with Crippen LogP contribution in [0.25, 0.3) is 0 Å². The summed E-state index contributed by atoms with van der Waals surface area (Å²) in [5.41, 5.74) is 2.27. The Labute approximate surface area is 113 Å². The lowest BCUT2D eigenvalue weighted by atomic mass is 10.0. The molecule has 0 fully saturated rings. The fourth-order valence-electron chi connectivity index (χ4n) is 1.94. The summed E-state index contributed by atoms with van der Waals surface area (Å²) in [5, 5.41) is 10.5. The molecule has 1 unspecified atom stereocenters. The number of rotatable bonds is 4. The fourth-order valence-corrected chi connectivity index (χ4v) is 1.94. The van der Waals surface area contributed by atoms with Crippen molar-refractivity contribution in [1.82, 2.24) is 4.98 Å². The molecule has 19 heavy (non-hydrogen) atoms. The molecule has 0 aliphatic carbocycles. The molecule has 100 valence electrons. The predicted molar refractivity (Wildman–Crippen MR) is 75.2 cm³/mol. The van der Waals surface area contributed by atoms with Gasteiger partial charge in [-0.25, -0.2) is 0 Å². The summed E-state index contributed by atoms with van der Waals surface area (Å²) in [4.78, 5) is 4.36. The maximum Gasteiger partial charge on any atom is 0.125 e. The first-order valence-corrected chi connectivity index (χ1v) is 6.45. The highest BCUT2D eigenvalue weighted by molar-refractivity contribution is 5.39. The summed E-state index contributed by atoms with van der Waals surface area (Å²) in [7, 11) is 0. The van der Waals surface area contributed by atoms with Gasteiger partial charge in [0, 0.05) is 11.3 Å². The van der Waals surface area contributed by atoms with Crippen LogP contribution in [0, 0.1) is 6.92 Å². The molecule has 1 atom stereocenters. The van der Waals surface area contributed by atoms with E-state index in [4.69, 9.17) is 4.74 Å². The van der Waals surface area contributed by atoms with Crippen LogP contribution < -0.4 is 4.74 Å². The van der Waals surface area contributed by atoms with Gasteiger partial charge in [0.05, 0.1) is 11.8 Å². The van der Waals surface area contributed by atoms with Crippen LogP contribution >= 0.6 is 0 Å². The average Bonchev–Trinajstić information content (AvgIpc) is 2.38. The number of aliphatic hydroxyl groups excluding tert-OH is 1. The normalized spacial score (nSPS) is 12.5. The van der Waals surface area contributed by atoms with Crippen molar-refractivity contribution in [1.29, 1.82) is 0 Å². The number of ether oxygens (including phenoxy) is 1. The van der Waals surface area contributed by atoms with Gasteiger partial charge in [-0.1, -0.05) is 24.3 Å². The minimum absolute atomic E-state index is 0.0684. The van der Waals surface area contributed by atoms with Crippen LogP contribution in [-0.4, -0.2) is 16.2 Å². The van der Waals surface area contributed by atoms with Crippen molar-refractivity contribution in [3.05, 3.63) is 59.4 Å². The quantitative estimate of drug-likeness (QED) is 0.914. The van der Waals surface area contributed by atoms with Crippen LogP contribution in [0.5, 0.6) is 5.75 Å². The van der Waals surface area contributed by atoms with E-state index in [0.717, 1.165) is 11.3 Å². The van der Waals surface area contributed by atoms with Crippen LogP contribution in [0.1, 0.15) is 36.9 Å². The molecule has 0 radical (unpaired) electrons. The highest BCUT2D eigenvalue weighted by atomic mass is 16.5. The predicted octanol–water partition coefficient (Wildman–Crippen LogP) is 3.26. The monoisotopic (exact) mass is 257 g/mol. The Bertz CT molecular complexity index is 552. The third kappa shape index (κ3) is 3.32. The largest absolute Gasteiger partial charge is 0.491 e. The number of aromatic nitrogens is 1. The van der Waals surface area contributed by atoms with Crippen molar-refractivity contribution in [3.63, 3.8) is 0 Å². The molecule has 0 aliphatic heterocycles. The van der Waals surface area contributed by atoms with E-state index in [0.29, 0.717) is 11.4 Å². The minimum Gasteiger partial charge on any atom is -0.491 e. The van der Waals surface area contributed by atoms with Gasteiger partial charge in [-0.3, -0.25) is 4.98 Å². The first-order chi connectivity index (χ1) is 9.08. The van der Waals surface area contributed by atoms with Gasteiger partial charge in [0.25, 0.3) is 0 Å². The van der Waals surface area contributed by atoms with Crippen LogP contribution in [0.2, 0.25) is 0 Å². The molecule has 1 heterocycles. The number of aliphatic hydroxyl groups is 1. The van der Waals surface area contributed by atoms with Crippen molar-refractivity contribution in [3.8, 4) is 5.75 Å². The number of hydrogen-bond acceptors (Lipinski definition) is 3. The van der Waals surface area contributed by atoms with Crippen LogP contribution in [-0.2, 0) is 0 Å². The van der Waals surface area contributed by atoms with E-state index in [2.05, 4.69) is 4.98 Å². The summed E-state index contributed by atoms with van der Waals surface area (Å²) in [6, 6.07) is 13.2. The lowest BCUT2D eigenvalue weighted by molar-refractivity contribution is 0.194. The van der Waals surface area contributed by atoms with E-state index in [9.17, 15) is 5.11 Å². The number of benzene rings is 1. The molecule has 3 heteroatoms. The highest BCUT2D eigenvalue weighted by Gasteiger charge is 2.17.